The number of carbonyl (C=O) groups excluding carboxylic acids is 2. The Morgan fingerprint density at radius 3 is 2.06 bits per heavy atom. The van der Waals surface area contributed by atoms with Gasteiger partial charge in [0.1, 0.15) is 11.5 Å². The van der Waals surface area contributed by atoms with Crippen molar-refractivity contribution in [3.05, 3.63) is 59.0 Å². The van der Waals surface area contributed by atoms with Crippen LogP contribution in [0.2, 0.25) is 0 Å². The number of ketones is 1. The third-order valence-corrected chi connectivity index (χ3v) is 5.96. The predicted octanol–water partition coefficient (Wildman–Crippen LogP) is 6.16. The molecule has 33 heavy (non-hydrogen) atoms. The predicted molar refractivity (Wildman–Crippen MR) is 133 cm³/mol. The van der Waals surface area contributed by atoms with Crippen molar-refractivity contribution < 1.29 is 19.1 Å². The summed E-state index contributed by atoms with van der Waals surface area (Å²) in [5.74, 6) is 1.25. The molecule has 174 valence electrons. The molecule has 3 rings (SSSR count). The first-order chi connectivity index (χ1) is 16.0. The highest BCUT2D eigenvalue weighted by molar-refractivity contribution is 7.16. The average Bonchev–Trinajstić information content (AvgIpc) is 3.21. The number of amides is 1. The fourth-order valence-corrected chi connectivity index (χ4v) is 4.46. The summed E-state index contributed by atoms with van der Waals surface area (Å²) in [7, 11) is 0. The van der Waals surface area contributed by atoms with Gasteiger partial charge in [-0.1, -0.05) is 13.3 Å². The summed E-state index contributed by atoms with van der Waals surface area (Å²) in [6, 6.07) is 14.8. The molecule has 0 fully saturated rings. The fraction of sp³-hybridized carbons (Fsp3) is 0.346. The van der Waals surface area contributed by atoms with Gasteiger partial charge in [-0.05, 0) is 68.8 Å². The molecule has 1 heterocycles. The lowest BCUT2D eigenvalue weighted by molar-refractivity contribution is -0.116. The molecular formula is C26H30N2O4S. The average molecular weight is 467 g/mol. The molecule has 1 N–H and O–H groups in total. The van der Waals surface area contributed by atoms with Crippen molar-refractivity contribution in [1.82, 2.24) is 4.98 Å². The van der Waals surface area contributed by atoms with Gasteiger partial charge >= 0.3 is 0 Å². The molecule has 0 saturated heterocycles. The van der Waals surface area contributed by atoms with Crippen molar-refractivity contribution in [3.63, 3.8) is 0 Å². The van der Waals surface area contributed by atoms with E-state index in [1.807, 2.05) is 38.1 Å². The highest BCUT2D eigenvalue weighted by Gasteiger charge is 2.16. The van der Waals surface area contributed by atoms with E-state index < -0.39 is 0 Å². The van der Waals surface area contributed by atoms with Gasteiger partial charge < -0.3 is 14.8 Å². The molecule has 0 bridgehead atoms. The summed E-state index contributed by atoms with van der Waals surface area (Å²) >= 11 is 1.49. The normalized spacial score (nSPS) is 10.6. The Hall–Kier alpha value is -3.19. The lowest BCUT2D eigenvalue weighted by Crippen LogP contribution is -2.13. The smallest absolute Gasteiger partial charge is 0.226 e. The second kappa shape index (κ2) is 12.2. The van der Waals surface area contributed by atoms with Gasteiger partial charge in [0, 0.05) is 28.8 Å². The monoisotopic (exact) mass is 466 g/mol. The van der Waals surface area contributed by atoms with Gasteiger partial charge in [-0.3, -0.25) is 9.59 Å². The Labute approximate surface area is 199 Å². The number of ether oxygens (including phenoxy) is 2. The molecule has 7 heteroatoms. The summed E-state index contributed by atoms with van der Waals surface area (Å²) in [4.78, 5) is 30.7. The zero-order valence-corrected chi connectivity index (χ0v) is 20.2. The molecule has 0 aliphatic rings. The Morgan fingerprint density at radius 2 is 1.48 bits per heavy atom. The number of anilines is 1. The topological polar surface area (TPSA) is 77.5 Å². The number of Topliss-reactive ketones (excluding diaryl/α,β-unsaturated/α-hetero) is 1. The second-order valence-electron chi connectivity index (χ2n) is 7.43. The standard InChI is InChI=1S/C26H30N2O4S/c1-4-7-23-25(19-10-14-21(15-11-19)32-6-3)28-26(33-23)27-24(30)17-16-22(29)18-8-12-20(13-9-18)31-5-2/h8-15H,4-7,16-17H2,1-3H3,(H,27,28,30). The number of hydrogen-bond donors (Lipinski definition) is 1. The van der Waals surface area contributed by atoms with E-state index in [0.29, 0.717) is 23.9 Å². The first-order valence-electron chi connectivity index (χ1n) is 11.3. The molecule has 1 aromatic heterocycles. The summed E-state index contributed by atoms with van der Waals surface area (Å²) in [5, 5.41) is 3.42. The third-order valence-electron chi connectivity index (χ3n) is 4.93. The summed E-state index contributed by atoms with van der Waals surface area (Å²) in [6.45, 7) is 7.17. The number of nitrogens with zero attached hydrogens (tertiary/aromatic N) is 1. The van der Waals surface area contributed by atoms with Crippen molar-refractivity contribution in [3.8, 4) is 22.8 Å². The van der Waals surface area contributed by atoms with Crippen LogP contribution in [0.1, 0.15) is 55.3 Å². The molecule has 3 aromatic rings. The minimum atomic E-state index is -0.218. The number of benzene rings is 2. The van der Waals surface area contributed by atoms with Crippen LogP contribution < -0.4 is 14.8 Å². The summed E-state index contributed by atoms with van der Waals surface area (Å²) in [6.07, 6.45) is 2.11. The minimum absolute atomic E-state index is 0.0749. The van der Waals surface area contributed by atoms with Crippen LogP contribution in [-0.2, 0) is 11.2 Å². The SMILES string of the molecule is CCCc1sc(NC(=O)CCC(=O)c2ccc(OCC)cc2)nc1-c1ccc(OCC)cc1. The summed E-state index contributed by atoms with van der Waals surface area (Å²) in [5.41, 5.74) is 2.44. The highest BCUT2D eigenvalue weighted by Crippen LogP contribution is 2.33. The van der Waals surface area contributed by atoms with Crippen LogP contribution in [-0.4, -0.2) is 29.9 Å². The van der Waals surface area contributed by atoms with E-state index in [1.165, 1.54) is 11.3 Å². The molecule has 2 aromatic carbocycles. The number of hydrogen-bond acceptors (Lipinski definition) is 6. The van der Waals surface area contributed by atoms with Crippen LogP contribution in [0.15, 0.2) is 48.5 Å². The third kappa shape index (κ3) is 6.89. The van der Waals surface area contributed by atoms with E-state index in [1.54, 1.807) is 24.3 Å². The van der Waals surface area contributed by atoms with Crippen LogP contribution in [0, 0.1) is 0 Å². The van der Waals surface area contributed by atoms with E-state index in [4.69, 9.17) is 9.47 Å². The number of thiazole rings is 1. The molecular weight excluding hydrogens is 436 g/mol. The Kier molecular flexibility index (Phi) is 9.01. The molecule has 6 nitrogen and oxygen atoms in total. The van der Waals surface area contributed by atoms with Crippen molar-refractivity contribution in [2.45, 2.75) is 46.5 Å². The largest absolute Gasteiger partial charge is 0.494 e. The van der Waals surface area contributed by atoms with E-state index in [-0.39, 0.29) is 24.5 Å². The second-order valence-corrected chi connectivity index (χ2v) is 8.51. The van der Waals surface area contributed by atoms with Crippen LogP contribution in [0.5, 0.6) is 11.5 Å². The lowest BCUT2D eigenvalue weighted by atomic mass is 10.1. The van der Waals surface area contributed by atoms with Gasteiger partial charge in [-0.2, -0.15) is 0 Å². The summed E-state index contributed by atoms with van der Waals surface area (Å²) < 4.78 is 10.9. The molecule has 0 unspecified atom stereocenters. The maximum atomic E-state index is 12.5. The Morgan fingerprint density at radius 1 is 0.879 bits per heavy atom. The molecule has 1 amide bonds. The van der Waals surface area contributed by atoms with E-state index in [9.17, 15) is 9.59 Å². The maximum absolute atomic E-state index is 12.5. The quantitative estimate of drug-likeness (QED) is 0.323. The highest BCUT2D eigenvalue weighted by atomic mass is 32.1. The Balaban J connectivity index is 1.62. The van der Waals surface area contributed by atoms with Gasteiger partial charge in [0.25, 0.3) is 0 Å². The van der Waals surface area contributed by atoms with Gasteiger partial charge in [-0.25, -0.2) is 4.98 Å². The van der Waals surface area contributed by atoms with Crippen molar-refractivity contribution in [2.75, 3.05) is 18.5 Å². The first-order valence-corrected chi connectivity index (χ1v) is 12.1. The number of rotatable bonds is 12. The molecule has 0 saturated carbocycles. The first kappa shape index (κ1) is 24.5. The van der Waals surface area contributed by atoms with Gasteiger partial charge in [0.15, 0.2) is 10.9 Å². The lowest BCUT2D eigenvalue weighted by Gasteiger charge is -2.05. The van der Waals surface area contributed by atoms with E-state index >= 15 is 0 Å². The molecule has 0 atom stereocenters. The number of aryl methyl sites for hydroxylation is 1. The molecule has 0 radical (unpaired) electrons. The zero-order chi connectivity index (χ0) is 23.6. The van der Waals surface area contributed by atoms with E-state index in [2.05, 4.69) is 17.2 Å². The van der Waals surface area contributed by atoms with Gasteiger partial charge in [0.2, 0.25) is 5.91 Å². The molecule has 0 aliphatic heterocycles. The van der Waals surface area contributed by atoms with Crippen molar-refractivity contribution >= 4 is 28.2 Å². The Bertz CT molecular complexity index is 1060. The molecule has 0 spiro atoms. The number of nitrogens with one attached hydrogen (secondary N) is 1. The van der Waals surface area contributed by atoms with Crippen LogP contribution in [0.25, 0.3) is 11.3 Å². The van der Waals surface area contributed by atoms with E-state index in [0.717, 1.165) is 40.5 Å². The fourth-order valence-electron chi connectivity index (χ4n) is 3.36. The number of aromatic nitrogens is 1. The van der Waals surface area contributed by atoms with Crippen LogP contribution >= 0.6 is 11.3 Å². The van der Waals surface area contributed by atoms with Crippen LogP contribution in [0.4, 0.5) is 5.13 Å². The number of carbonyl (C=O) groups is 2. The van der Waals surface area contributed by atoms with Gasteiger partial charge in [-0.15, -0.1) is 11.3 Å². The van der Waals surface area contributed by atoms with Gasteiger partial charge in [0.05, 0.1) is 18.9 Å². The zero-order valence-electron chi connectivity index (χ0n) is 19.3. The van der Waals surface area contributed by atoms with Crippen molar-refractivity contribution in [2.24, 2.45) is 0 Å². The van der Waals surface area contributed by atoms with Crippen molar-refractivity contribution in [1.29, 1.82) is 0 Å². The molecule has 0 aliphatic carbocycles. The minimum Gasteiger partial charge on any atom is -0.494 e. The maximum Gasteiger partial charge on any atom is 0.226 e. The van der Waals surface area contributed by atoms with Crippen LogP contribution in [0.3, 0.4) is 0 Å².